The Kier molecular flexibility index (Phi) is 5.43. The predicted octanol–water partition coefficient (Wildman–Crippen LogP) is 4.70. The lowest BCUT2D eigenvalue weighted by Gasteiger charge is -2.11. The number of benzene rings is 2. The molecule has 0 fully saturated rings. The van der Waals surface area contributed by atoms with Crippen LogP contribution < -0.4 is 5.01 Å². The molecule has 4 aromatic rings. The maximum Gasteiger partial charge on any atom is 0.433 e. The van der Waals surface area contributed by atoms with E-state index in [0.29, 0.717) is 11.1 Å². The molecular weight excluding hydrogens is 438 g/mol. The average Bonchev–Trinajstić information content (AvgIpc) is 3.41. The minimum absolute atomic E-state index is 0.0838. The van der Waals surface area contributed by atoms with E-state index in [1.165, 1.54) is 47.9 Å². The Morgan fingerprint density at radius 1 is 1.09 bits per heavy atom. The zero-order chi connectivity index (χ0) is 22.8. The van der Waals surface area contributed by atoms with Crippen LogP contribution >= 0.6 is 11.3 Å². The number of aromatic nitrogens is 1. The van der Waals surface area contributed by atoms with Crippen LogP contribution in [0.25, 0.3) is 10.2 Å². The number of furan rings is 1. The van der Waals surface area contributed by atoms with Crippen molar-refractivity contribution in [3.05, 3.63) is 91.7 Å². The Bertz CT molecular complexity index is 1370. The van der Waals surface area contributed by atoms with Crippen molar-refractivity contribution in [2.24, 2.45) is 5.10 Å². The molecule has 32 heavy (non-hydrogen) atoms. The summed E-state index contributed by atoms with van der Waals surface area (Å²) in [6.07, 6.45) is 1.33. The number of thiazole rings is 1. The highest BCUT2D eigenvalue weighted by Crippen LogP contribution is 2.31. The summed E-state index contributed by atoms with van der Waals surface area (Å²) in [5, 5.41) is 27.1. The van der Waals surface area contributed by atoms with Crippen molar-refractivity contribution in [3.8, 4) is 0 Å². The van der Waals surface area contributed by atoms with Crippen LogP contribution in [-0.2, 0) is 0 Å². The highest BCUT2D eigenvalue weighted by Gasteiger charge is 2.26. The molecule has 0 spiro atoms. The SMILES string of the molecule is Cc1ccc2nc(N(/N=C/c3ccc([N+](=O)[O-])cc3)C(=O)c3ccc([N+](=O)[O-])o3)sc2c1. The monoisotopic (exact) mass is 451 g/mol. The number of aryl methyl sites for hydroxylation is 1. The smallest absolute Gasteiger partial charge is 0.395 e. The average molecular weight is 451 g/mol. The van der Waals surface area contributed by atoms with E-state index >= 15 is 0 Å². The summed E-state index contributed by atoms with van der Waals surface area (Å²) < 4.78 is 5.86. The molecule has 4 rings (SSSR count). The van der Waals surface area contributed by atoms with E-state index in [4.69, 9.17) is 4.42 Å². The number of anilines is 1. The van der Waals surface area contributed by atoms with Crippen LogP contribution in [0, 0.1) is 27.2 Å². The molecule has 2 heterocycles. The molecule has 0 unspecified atom stereocenters. The Labute approximate surface area is 183 Å². The number of amides is 1. The number of carbonyl (C=O) groups is 1. The lowest BCUT2D eigenvalue weighted by molar-refractivity contribution is -0.402. The fraction of sp³-hybridized carbons (Fsp3) is 0.0500. The van der Waals surface area contributed by atoms with Crippen LogP contribution in [0.15, 0.2) is 64.1 Å². The van der Waals surface area contributed by atoms with Crippen LogP contribution in [-0.4, -0.2) is 27.0 Å². The molecule has 12 heteroatoms. The van der Waals surface area contributed by atoms with Gasteiger partial charge >= 0.3 is 11.8 Å². The first-order valence-electron chi connectivity index (χ1n) is 9.06. The number of rotatable bonds is 6. The Hall–Kier alpha value is -4.45. The third kappa shape index (κ3) is 4.20. The van der Waals surface area contributed by atoms with Gasteiger partial charge in [-0.1, -0.05) is 17.4 Å². The van der Waals surface area contributed by atoms with Gasteiger partial charge in [0.15, 0.2) is 0 Å². The normalized spacial score (nSPS) is 11.2. The van der Waals surface area contributed by atoms with E-state index in [-0.39, 0.29) is 16.6 Å². The summed E-state index contributed by atoms with van der Waals surface area (Å²) in [6, 6.07) is 13.4. The van der Waals surface area contributed by atoms with Gasteiger partial charge in [-0.3, -0.25) is 25.0 Å². The number of hydrogen-bond acceptors (Lipinski definition) is 9. The molecule has 0 N–H and O–H groups in total. The quantitative estimate of drug-likeness (QED) is 0.235. The molecule has 0 bridgehead atoms. The number of hydrazone groups is 1. The molecule has 0 saturated heterocycles. The fourth-order valence-electron chi connectivity index (χ4n) is 2.75. The van der Waals surface area contributed by atoms with Crippen LogP contribution in [0.1, 0.15) is 21.7 Å². The number of non-ortho nitro benzene ring substituents is 1. The van der Waals surface area contributed by atoms with Crippen molar-refractivity contribution in [2.75, 3.05) is 5.01 Å². The summed E-state index contributed by atoms with van der Waals surface area (Å²) in [5.41, 5.74) is 2.08. The maximum absolute atomic E-state index is 13.1. The summed E-state index contributed by atoms with van der Waals surface area (Å²) in [6.45, 7) is 1.93. The molecule has 0 atom stereocenters. The summed E-state index contributed by atoms with van der Waals surface area (Å²) in [5.74, 6) is -1.62. The van der Waals surface area contributed by atoms with Crippen molar-refractivity contribution >= 4 is 50.4 Å². The van der Waals surface area contributed by atoms with Gasteiger partial charge in [0.1, 0.15) is 4.92 Å². The molecule has 1 amide bonds. The van der Waals surface area contributed by atoms with E-state index in [2.05, 4.69) is 10.1 Å². The maximum atomic E-state index is 13.1. The lowest BCUT2D eigenvalue weighted by atomic mass is 10.2. The topological polar surface area (TPSA) is 145 Å². The first kappa shape index (κ1) is 20.8. The number of carbonyl (C=O) groups excluding carboxylic acids is 1. The largest absolute Gasteiger partial charge is 0.433 e. The molecular formula is C20H13N5O6S. The predicted molar refractivity (Wildman–Crippen MR) is 117 cm³/mol. The molecule has 0 radical (unpaired) electrons. The van der Waals surface area contributed by atoms with E-state index in [1.54, 1.807) is 0 Å². The summed E-state index contributed by atoms with van der Waals surface area (Å²) in [7, 11) is 0. The molecule has 11 nitrogen and oxygen atoms in total. The molecule has 2 aromatic heterocycles. The summed E-state index contributed by atoms with van der Waals surface area (Å²) >= 11 is 1.21. The second-order valence-corrected chi connectivity index (χ2v) is 7.58. The zero-order valence-corrected chi connectivity index (χ0v) is 17.2. The standard InChI is InChI=1S/C20H13N5O6S/c1-12-2-7-15-17(10-12)32-20(22-15)23(19(26)16-8-9-18(31-16)25(29)30)21-11-13-3-5-14(6-4-13)24(27)28/h2-11H,1H3/b21-11+. The van der Waals surface area contributed by atoms with Crippen LogP contribution in [0.2, 0.25) is 0 Å². The first-order valence-corrected chi connectivity index (χ1v) is 9.88. The number of nitro benzene ring substituents is 1. The Balaban J connectivity index is 1.73. The number of hydrogen-bond donors (Lipinski definition) is 0. The summed E-state index contributed by atoms with van der Waals surface area (Å²) in [4.78, 5) is 38.0. The van der Waals surface area contributed by atoms with Gasteiger partial charge in [0.25, 0.3) is 5.69 Å². The lowest BCUT2D eigenvalue weighted by Crippen LogP contribution is -2.25. The van der Waals surface area contributed by atoms with E-state index in [9.17, 15) is 25.0 Å². The van der Waals surface area contributed by atoms with Gasteiger partial charge in [-0.2, -0.15) is 10.1 Å². The zero-order valence-electron chi connectivity index (χ0n) is 16.4. The van der Waals surface area contributed by atoms with Crippen molar-refractivity contribution in [3.63, 3.8) is 0 Å². The highest BCUT2D eigenvalue weighted by molar-refractivity contribution is 7.22. The third-order valence-corrected chi connectivity index (χ3v) is 5.31. The Morgan fingerprint density at radius 2 is 1.84 bits per heavy atom. The molecule has 0 aliphatic heterocycles. The van der Waals surface area contributed by atoms with Crippen LogP contribution in [0.4, 0.5) is 16.7 Å². The van der Waals surface area contributed by atoms with Gasteiger partial charge in [0.2, 0.25) is 10.9 Å². The minimum atomic E-state index is -0.757. The molecule has 0 aliphatic rings. The first-order chi connectivity index (χ1) is 15.3. The molecule has 0 saturated carbocycles. The van der Waals surface area contributed by atoms with Crippen LogP contribution in [0.3, 0.4) is 0 Å². The van der Waals surface area contributed by atoms with Crippen LogP contribution in [0.5, 0.6) is 0 Å². The minimum Gasteiger partial charge on any atom is -0.395 e. The van der Waals surface area contributed by atoms with E-state index in [1.807, 2.05) is 25.1 Å². The van der Waals surface area contributed by atoms with Gasteiger partial charge in [0, 0.05) is 12.1 Å². The van der Waals surface area contributed by atoms with E-state index in [0.717, 1.165) is 21.3 Å². The number of nitro groups is 2. The fourth-order valence-corrected chi connectivity index (χ4v) is 3.77. The second-order valence-electron chi connectivity index (χ2n) is 6.57. The van der Waals surface area contributed by atoms with Gasteiger partial charge in [-0.15, -0.1) is 0 Å². The van der Waals surface area contributed by atoms with Crippen molar-refractivity contribution in [2.45, 2.75) is 6.92 Å². The Morgan fingerprint density at radius 3 is 2.50 bits per heavy atom. The van der Waals surface area contributed by atoms with Gasteiger partial charge in [0.05, 0.1) is 27.4 Å². The van der Waals surface area contributed by atoms with Gasteiger partial charge < -0.3 is 4.42 Å². The van der Waals surface area contributed by atoms with Crippen molar-refractivity contribution in [1.82, 2.24) is 4.98 Å². The van der Waals surface area contributed by atoms with Crippen molar-refractivity contribution in [1.29, 1.82) is 0 Å². The van der Waals surface area contributed by atoms with Crippen molar-refractivity contribution < 1.29 is 19.1 Å². The molecule has 160 valence electrons. The number of nitrogens with zero attached hydrogens (tertiary/aromatic N) is 5. The third-order valence-electron chi connectivity index (χ3n) is 4.31. The molecule has 0 aliphatic carbocycles. The second kappa shape index (κ2) is 8.35. The van der Waals surface area contributed by atoms with E-state index < -0.39 is 21.6 Å². The highest BCUT2D eigenvalue weighted by atomic mass is 32.1. The molecule has 2 aromatic carbocycles. The number of fused-ring (bicyclic) bond motifs is 1. The van der Waals surface area contributed by atoms with Gasteiger partial charge in [-0.05, 0) is 48.4 Å². The van der Waals surface area contributed by atoms with Gasteiger partial charge in [-0.25, -0.2) is 4.98 Å².